The van der Waals surface area contributed by atoms with Gasteiger partial charge >= 0.3 is 0 Å². The van der Waals surface area contributed by atoms with Crippen LogP contribution in [-0.4, -0.2) is 45.6 Å². The van der Waals surface area contributed by atoms with Crippen LogP contribution in [0.5, 0.6) is 0 Å². The average molecular weight is 398 g/mol. The lowest BCUT2D eigenvalue weighted by molar-refractivity contribution is -0.154. The summed E-state index contributed by atoms with van der Waals surface area (Å²) in [5, 5.41) is 3.00. The number of nitrogens with zero attached hydrogens (tertiary/aromatic N) is 3. The minimum Gasteiger partial charge on any atom is -0.374 e. The van der Waals surface area contributed by atoms with E-state index in [9.17, 15) is 9.18 Å². The van der Waals surface area contributed by atoms with E-state index in [4.69, 9.17) is 4.74 Å². The Bertz CT molecular complexity index is 844. The average Bonchev–Trinajstić information content (AvgIpc) is 2.69. The van der Waals surface area contributed by atoms with Gasteiger partial charge in [0, 0.05) is 36.6 Å². The van der Waals surface area contributed by atoms with Gasteiger partial charge in [-0.15, -0.1) is 0 Å². The second-order valence-corrected chi connectivity index (χ2v) is 8.11. The van der Waals surface area contributed by atoms with Crippen molar-refractivity contribution in [1.29, 1.82) is 0 Å². The van der Waals surface area contributed by atoms with Crippen LogP contribution in [0.2, 0.25) is 0 Å². The maximum atomic E-state index is 14.1. The number of amides is 1. The molecule has 1 saturated carbocycles. The first kappa shape index (κ1) is 19.9. The molecule has 2 aromatic heterocycles. The third kappa shape index (κ3) is 4.46. The molecule has 1 saturated heterocycles. The van der Waals surface area contributed by atoms with E-state index in [0.717, 1.165) is 25.0 Å². The molecule has 0 aromatic carbocycles. The van der Waals surface area contributed by atoms with Crippen LogP contribution in [0.15, 0.2) is 42.9 Å². The Morgan fingerprint density at radius 1 is 1.38 bits per heavy atom. The number of aromatic nitrogens is 2. The van der Waals surface area contributed by atoms with Crippen molar-refractivity contribution in [2.75, 3.05) is 13.2 Å². The van der Waals surface area contributed by atoms with Crippen LogP contribution in [0.4, 0.5) is 4.39 Å². The van der Waals surface area contributed by atoms with E-state index < -0.39 is 0 Å². The van der Waals surface area contributed by atoms with Gasteiger partial charge in [-0.2, -0.15) is 0 Å². The van der Waals surface area contributed by atoms with E-state index in [-0.39, 0.29) is 35.8 Å². The smallest absolute Gasteiger partial charge is 0.223 e. The van der Waals surface area contributed by atoms with Crippen LogP contribution in [0.1, 0.15) is 49.9 Å². The van der Waals surface area contributed by atoms with E-state index in [1.807, 2.05) is 25.1 Å². The molecule has 2 fully saturated rings. The van der Waals surface area contributed by atoms with Crippen molar-refractivity contribution >= 4 is 5.91 Å². The zero-order chi connectivity index (χ0) is 20.3. The SMILES string of the molecule is C[C@H](NC(=O)CC1CN(Cc2ccncc2F)C2(CCC2)CO1)c1ccccn1. The Morgan fingerprint density at radius 3 is 2.93 bits per heavy atom. The summed E-state index contributed by atoms with van der Waals surface area (Å²) >= 11 is 0. The molecule has 7 heteroatoms. The molecule has 6 nitrogen and oxygen atoms in total. The number of rotatable bonds is 6. The highest BCUT2D eigenvalue weighted by atomic mass is 19.1. The number of hydrogen-bond acceptors (Lipinski definition) is 5. The molecule has 1 aliphatic heterocycles. The highest BCUT2D eigenvalue weighted by Gasteiger charge is 2.47. The third-order valence-electron chi connectivity index (χ3n) is 6.11. The number of morpholine rings is 1. The van der Waals surface area contributed by atoms with Gasteiger partial charge in [0.15, 0.2) is 0 Å². The van der Waals surface area contributed by atoms with Gasteiger partial charge in [-0.1, -0.05) is 6.07 Å². The fourth-order valence-corrected chi connectivity index (χ4v) is 4.21. The highest BCUT2D eigenvalue weighted by Crippen LogP contribution is 2.42. The van der Waals surface area contributed by atoms with Crippen molar-refractivity contribution in [2.45, 2.75) is 56.8 Å². The number of halogens is 1. The summed E-state index contributed by atoms with van der Waals surface area (Å²) in [6, 6.07) is 7.22. The molecule has 2 aromatic rings. The van der Waals surface area contributed by atoms with Crippen LogP contribution < -0.4 is 5.32 Å². The Hall–Kier alpha value is -2.38. The molecule has 1 N–H and O–H groups in total. The first-order valence-electron chi connectivity index (χ1n) is 10.2. The molecule has 3 heterocycles. The molecular weight excluding hydrogens is 371 g/mol. The van der Waals surface area contributed by atoms with Crippen LogP contribution in [-0.2, 0) is 16.1 Å². The van der Waals surface area contributed by atoms with Gasteiger partial charge in [0.05, 0.1) is 37.1 Å². The second kappa shape index (κ2) is 8.55. The van der Waals surface area contributed by atoms with Gasteiger partial charge in [-0.05, 0) is 44.4 Å². The maximum Gasteiger partial charge on any atom is 0.223 e. The summed E-state index contributed by atoms with van der Waals surface area (Å²) in [7, 11) is 0. The monoisotopic (exact) mass is 398 g/mol. The molecular formula is C22H27FN4O2. The first-order valence-corrected chi connectivity index (χ1v) is 10.2. The van der Waals surface area contributed by atoms with Gasteiger partial charge in [0.2, 0.25) is 5.91 Å². The summed E-state index contributed by atoms with van der Waals surface area (Å²) in [6.07, 6.45) is 7.93. The molecule has 2 atom stereocenters. The summed E-state index contributed by atoms with van der Waals surface area (Å²) < 4.78 is 20.2. The molecule has 1 unspecified atom stereocenters. The molecule has 1 spiro atoms. The molecule has 154 valence electrons. The Morgan fingerprint density at radius 2 is 2.24 bits per heavy atom. The van der Waals surface area contributed by atoms with Gasteiger partial charge in [-0.3, -0.25) is 19.7 Å². The third-order valence-corrected chi connectivity index (χ3v) is 6.11. The van der Waals surface area contributed by atoms with Crippen molar-refractivity contribution in [3.8, 4) is 0 Å². The van der Waals surface area contributed by atoms with Gasteiger partial charge in [0.25, 0.3) is 0 Å². The minimum absolute atomic E-state index is 0.0239. The maximum absolute atomic E-state index is 14.1. The number of pyridine rings is 2. The van der Waals surface area contributed by atoms with Crippen molar-refractivity contribution < 1.29 is 13.9 Å². The molecule has 2 aliphatic rings. The lowest BCUT2D eigenvalue weighted by Crippen LogP contribution is -2.62. The van der Waals surface area contributed by atoms with E-state index in [0.29, 0.717) is 25.3 Å². The predicted molar refractivity (Wildman–Crippen MR) is 106 cm³/mol. The Labute approximate surface area is 170 Å². The summed E-state index contributed by atoms with van der Waals surface area (Å²) in [4.78, 5) is 23.0. The summed E-state index contributed by atoms with van der Waals surface area (Å²) in [5.41, 5.74) is 1.44. The first-order chi connectivity index (χ1) is 14.1. The van der Waals surface area contributed by atoms with E-state index in [1.165, 1.54) is 6.20 Å². The largest absolute Gasteiger partial charge is 0.374 e. The minimum atomic E-state index is -0.285. The molecule has 29 heavy (non-hydrogen) atoms. The van der Waals surface area contributed by atoms with Crippen molar-refractivity contribution in [1.82, 2.24) is 20.2 Å². The number of hydrogen-bond donors (Lipinski definition) is 1. The van der Waals surface area contributed by atoms with E-state index in [2.05, 4.69) is 20.2 Å². The highest BCUT2D eigenvalue weighted by molar-refractivity contribution is 5.76. The van der Waals surface area contributed by atoms with Crippen LogP contribution >= 0.6 is 0 Å². The van der Waals surface area contributed by atoms with Crippen molar-refractivity contribution in [3.05, 3.63) is 59.9 Å². The number of carbonyl (C=O) groups is 1. The van der Waals surface area contributed by atoms with Crippen LogP contribution in [0.25, 0.3) is 0 Å². The fraction of sp³-hybridized carbons (Fsp3) is 0.500. The van der Waals surface area contributed by atoms with Gasteiger partial charge in [0.1, 0.15) is 5.82 Å². The normalized spacial score (nSPS) is 22.1. The topological polar surface area (TPSA) is 67.4 Å². The van der Waals surface area contributed by atoms with Crippen LogP contribution in [0.3, 0.4) is 0 Å². The summed E-state index contributed by atoms with van der Waals surface area (Å²) in [6.45, 7) is 3.64. The Kier molecular flexibility index (Phi) is 5.87. The molecule has 1 aliphatic carbocycles. The molecule has 0 radical (unpaired) electrons. The number of ether oxygens (including phenoxy) is 1. The summed E-state index contributed by atoms with van der Waals surface area (Å²) in [5.74, 6) is -0.348. The lowest BCUT2D eigenvalue weighted by atomic mass is 9.74. The second-order valence-electron chi connectivity index (χ2n) is 8.11. The van der Waals surface area contributed by atoms with E-state index >= 15 is 0 Å². The lowest BCUT2D eigenvalue weighted by Gasteiger charge is -2.54. The van der Waals surface area contributed by atoms with E-state index in [1.54, 1.807) is 18.5 Å². The standard InChI is InChI=1S/C22H27FN4O2/c1-16(20-5-2-3-9-25-20)26-21(28)11-18-14-27(22(15-29-18)7-4-8-22)13-17-6-10-24-12-19(17)23/h2-3,5-6,9-10,12,16,18H,4,7-8,11,13-15H2,1H3,(H,26,28)/t16-,18?/m0/s1. The predicted octanol–water partition coefficient (Wildman–Crippen LogP) is 3.01. The van der Waals surface area contributed by atoms with Crippen molar-refractivity contribution in [3.63, 3.8) is 0 Å². The molecule has 1 amide bonds. The zero-order valence-corrected chi connectivity index (χ0v) is 16.7. The zero-order valence-electron chi connectivity index (χ0n) is 16.7. The Balaban J connectivity index is 1.37. The fourth-order valence-electron chi connectivity index (χ4n) is 4.21. The van der Waals surface area contributed by atoms with Crippen molar-refractivity contribution in [2.24, 2.45) is 0 Å². The van der Waals surface area contributed by atoms with Gasteiger partial charge < -0.3 is 10.1 Å². The van der Waals surface area contributed by atoms with Gasteiger partial charge in [-0.25, -0.2) is 4.39 Å². The number of nitrogens with one attached hydrogen (secondary N) is 1. The van der Waals surface area contributed by atoms with Crippen LogP contribution in [0, 0.1) is 5.82 Å². The number of carbonyl (C=O) groups excluding carboxylic acids is 1. The quantitative estimate of drug-likeness (QED) is 0.810. The molecule has 0 bridgehead atoms. The molecule has 4 rings (SSSR count).